The minimum Gasteiger partial charge on any atom is -0.325 e. The summed E-state index contributed by atoms with van der Waals surface area (Å²) >= 11 is 2.52. The molecule has 3 aromatic rings. The topological polar surface area (TPSA) is 107 Å². The number of carbonyl (C=O) groups is 1. The summed E-state index contributed by atoms with van der Waals surface area (Å²) in [6, 6.07) is 11.1. The van der Waals surface area contributed by atoms with E-state index in [9.17, 15) is 24.1 Å². The molecule has 0 bridgehead atoms. The zero-order valence-electron chi connectivity index (χ0n) is 16.8. The fourth-order valence-corrected chi connectivity index (χ4v) is 5.16. The van der Waals surface area contributed by atoms with Crippen LogP contribution < -0.4 is 10.9 Å². The minimum absolute atomic E-state index is 0.0716. The number of nitro groups is 1. The van der Waals surface area contributed by atoms with Crippen LogP contribution in [0.5, 0.6) is 0 Å². The van der Waals surface area contributed by atoms with Crippen LogP contribution in [0.15, 0.2) is 63.4 Å². The molecule has 1 amide bonds. The highest BCUT2D eigenvalue weighted by molar-refractivity contribution is 8.00. The molecule has 8 nitrogen and oxygen atoms in total. The lowest BCUT2D eigenvalue weighted by atomic mass is 10.2. The highest BCUT2D eigenvalue weighted by Crippen LogP contribution is 2.35. The van der Waals surface area contributed by atoms with E-state index in [1.54, 1.807) is 6.07 Å². The van der Waals surface area contributed by atoms with Crippen molar-refractivity contribution in [2.75, 3.05) is 11.1 Å². The third kappa shape index (κ3) is 4.68. The number of carbonyl (C=O) groups excluding carboxylic acids is 1. The first-order chi connectivity index (χ1) is 15.3. The number of benzene rings is 2. The van der Waals surface area contributed by atoms with E-state index in [-0.39, 0.29) is 22.2 Å². The second-order valence-corrected chi connectivity index (χ2v) is 9.46. The number of halogens is 1. The van der Waals surface area contributed by atoms with Crippen molar-refractivity contribution in [2.45, 2.75) is 28.6 Å². The maximum Gasteiger partial charge on any atom is 0.272 e. The fourth-order valence-electron chi connectivity index (χ4n) is 3.24. The maximum atomic E-state index is 13.4. The minimum atomic E-state index is -0.542. The summed E-state index contributed by atoms with van der Waals surface area (Å²) in [5.41, 5.74) is 1.05. The van der Waals surface area contributed by atoms with Crippen molar-refractivity contribution >= 4 is 40.8 Å². The summed E-state index contributed by atoms with van der Waals surface area (Å²) in [6.07, 6.45) is 0.646. The fraction of sp³-hybridized carbons (Fsp3) is 0.190. The Hall–Kier alpha value is -3.18. The number of aromatic nitrogens is 2. The van der Waals surface area contributed by atoms with E-state index in [4.69, 9.17) is 0 Å². The van der Waals surface area contributed by atoms with E-state index in [1.165, 1.54) is 58.8 Å². The van der Waals surface area contributed by atoms with E-state index in [0.29, 0.717) is 33.5 Å². The molecule has 0 radical (unpaired) electrons. The van der Waals surface area contributed by atoms with Gasteiger partial charge in [-0.1, -0.05) is 24.8 Å². The molecule has 1 aliphatic heterocycles. The predicted molar refractivity (Wildman–Crippen MR) is 121 cm³/mol. The average molecular weight is 473 g/mol. The van der Waals surface area contributed by atoms with E-state index < -0.39 is 16.6 Å². The Balaban J connectivity index is 1.60. The number of nitrogens with zero attached hydrogens (tertiary/aromatic N) is 3. The molecule has 1 unspecified atom stereocenters. The van der Waals surface area contributed by atoms with Gasteiger partial charge in [0.2, 0.25) is 5.91 Å². The van der Waals surface area contributed by atoms with Gasteiger partial charge in [-0.2, -0.15) is 0 Å². The Morgan fingerprint density at radius 1 is 1.34 bits per heavy atom. The Morgan fingerprint density at radius 2 is 2.09 bits per heavy atom. The van der Waals surface area contributed by atoms with Gasteiger partial charge in [0.1, 0.15) is 5.82 Å². The quantitative estimate of drug-likeness (QED) is 0.250. The number of hydrogen-bond donors (Lipinski definition) is 1. The molecule has 0 aliphatic carbocycles. The van der Waals surface area contributed by atoms with Crippen LogP contribution in [0.1, 0.15) is 12.6 Å². The first-order valence-electron chi connectivity index (χ1n) is 9.57. The van der Waals surface area contributed by atoms with Gasteiger partial charge in [-0.05, 0) is 30.3 Å². The first-order valence-corrected chi connectivity index (χ1v) is 11.4. The molecule has 2 heterocycles. The molecule has 1 N–H and O–H groups in total. The monoisotopic (exact) mass is 472 g/mol. The number of thioether (sulfide) groups is 2. The molecule has 1 aromatic heterocycles. The molecular weight excluding hydrogens is 455 g/mol. The maximum absolute atomic E-state index is 13.4. The Morgan fingerprint density at radius 3 is 2.81 bits per heavy atom. The smallest absolute Gasteiger partial charge is 0.272 e. The van der Waals surface area contributed by atoms with Crippen LogP contribution in [0.3, 0.4) is 0 Å². The lowest BCUT2D eigenvalue weighted by Gasteiger charge is -2.13. The van der Waals surface area contributed by atoms with Crippen molar-refractivity contribution in [2.24, 2.45) is 0 Å². The molecule has 0 saturated carbocycles. The summed E-state index contributed by atoms with van der Waals surface area (Å²) < 4.78 is 14.8. The molecule has 2 aromatic carbocycles. The van der Waals surface area contributed by atoms with Gasteiger partial charge in [-0.3, -0.25) is 24.3 Å². The van der Waals surface area contributed by atoms with Crippen LogP contribution in [-0.2, 0) is 11.2 Å². The second-order valence-electron chi connectivity index (χ2n) is 7.06. The highest BCUT2D eigenvalue weighted by atomic mass is 32.2. The highest BCUT2D eigenvalue weighted by Gasteiger charge is 2.27. The van der Waals surface area contributed by atoms with Crippen LogP contribution in [0.2, 0.25) is 0 Å². The molecule has 32 heavy (non-hydrogen) atoms. The largest absolute Gasteiger partial charge is 0.325 e. The van der Waals surface area contributed by atoms with E-state index in [0.717, 1.165) is 11.8 Å². The van der Waals surface area contributed by atoms with Crippen molar-refractivity contribution in [3.63, 3.8) is 0 Å². The van der Waals surface area contributed by atoms with Gasteiger partial charge in [0, 0.05) is 29.5 Å². The SMILES string of the molecule is CC1Cc2nc(SCC(=O)Nc3cccc([N+](=O)[O-])c3)n(-c3ccc(F)cc3)c(=O)c2S1. The summed E-state index contributed by atoms with van der Waals surface area (Å²) in [6.45, 7) is 2.01. The number of amides is 1. The van der Waals surface area contributed by atoms with E-state index in [2.05, 4.69) is 10.3 Å². The van der Waals surface area contributed by atoms with Gasteiger partial charge in [0.05, 0.1) is 27.0 Å². The number of rotatable bonds is 6. The molecule has 0 fully saturated rings. The number of nitrogens with one attached hydrogen (secondary N) is 1. The van der Waals surface area contributed by atoms with Crippen LogP contribution in [0, 0.1) is 15.9 Å². The van der Waals surface area contributed by atoms with Gasteiger partial charge in [-0.25, -0.2) is 9.37 Å². The predicted octanol–water partition coefficient (Wildman–Crippen LogP) is 4.05. The van der Waals surface area contributed by atoms with Crippen LogP contribution in [0.25, 0.3) is 5.69 Å². The van der Waals surface area contributed by atoms with Gasteiger partial charge in [0.15, 0.2) is 5.16 Å². The Bertz CT molecular complexity index is 1260. The molecule has 0 saturated heterocycles. The van der Waals surface area contributed by atoms with Crippen molar-refractivity contribution in [1.82, 2.24) is 9.55 Å². The van der Waals surface area contributed by atoms with Gasteiger partial charge in [0.25, 0.3) is 11.2 Å². The van der Waals surface area contributed by atoms with Gasteiger partial charge in [-0.15, -0.1) is 11.8 Å². The molecule has 0 spiro atoms. The lowest BCUT2D eigenvalue weighted by Crippen LogP contribution is -2.24. The zero-order valence-corrected chi connectivity index (χ0v) is 18.4. The van der Waals surface area contributed by atoms with E-state index >= 15 is 0 Å². The summed E-state index contributed by atoms with van der Waals surface area (Å²) in [7, 11) is 0. The van der Waals surface area contributed by atoms with Crippen LogP contribution in [0.4, 0.5) is 15.8 Å². The Labute approximate surface area is 190 Å². The number of non-ortho nitro benzene ring substituents is 1. The summed E-state index contributed by atoms with van der Waals surface area (Å²) in [5.74, 6) is -0.902. The van der Waals surface area contributed by atoms with Gasteiger partial charge < -0.3 is 5.32 Å². The summed E-state index contributed by atoms with van der Waals surface area (Å²) in [4.78, 5) is 41.2. The van der Waals surface area contributed by atoms with Crippen LogP contribution >= 0.6 is 23.5 Å². The van der Waals surface area contributed by atoms with Crippen molar-refractivity contribution in [3.05, 3.63) is 80.5 Å². The molecule has 164 valence electrons. The van der Waals surface area contributed by atoms with Crippen molar-refractivity contribution in [3.8, 4) is 5.69 Å². The molecular formula is C21H17FN4O4S2. The third-order valence-electron chi connectivity index (χ3n) is 4.64. The number of hydrogen-bond acceptors (Lipinski definition) is 7. The Kier molecular flexibility index (Phi) is 6.28. The third-order valence-corrected chi connectivity index (χ3v) is 6.79. The molecule has 1 aliphatic rings. The standard InChI is InChI=1S/C21H17FN4O4S2/c1-12-9-17-19(32-12)20(28)25(15-7-5-13(22)6-8-15)21(24-17)31-11-18(27)23-14-3-2-4-16(10-14)26(29)30/h2-8,10,12H,9,11H2,1H3,(H,23,27). The normalized spacial score (nSPS) is 14.8. The van der Waals surface area contributed by atoms with Crippen LogP contribution in [-0.4, -0.2) is 31.4 Å². The average Bonchev–Trinajstić information content (AvgIpc) is 3.14. The zero-order chi connectivity index (χ0) is 22.8. The molecule has 11 heteroatoms. The number of nitro benzene ring substituents is 1. The van der Waals surface area contributed by atoms with Crippen molar-refractivity contribution in [1.29, 1.82) is 0 Å². The number of anilines is 1. The first kappa shape index (κ1) is 22.0. The second kappa shape index (κ2) is 9.13. The number of fused-ring (bicyclic) bond motifs is 1. The lowest BCUT2D eigenvalue weighted by molar-refractivity contribution is -0.384. The van der Waals surface area contributed by atoms with Crippen molar-refractivity contribution < 1.29 is 14.1 Å². The molecule has 4 rings (SSSR count). The van der Waals surface area contributed by atoms with E-state index in [1.807, 2.05) is 6.92 Å². The molecule has 1 atom stereocenters. The summed E-state index contributed by atoms with van der Waals surface area (Å²) in [5, 5.41) is 14.1. The van der Waals surface area contributed by atoms with Gasteiger partial charge >= 0.3 is 0 Å².